The van der Waals surface area contributed by atoms with Gasteiger partial charge in [-0.25, -0.2) is 0 Å². The van der Waals surface area contributed by atoms with Gasteiger partial charge in [0.2, 0.25) is 0 Å². The van der Waals surface area contributed by atoms with Gasteiger partial charge in [0, 0.05) is 20.6 Å². The Morgan fingerprint density at radius 3 is 2.57 bits per heavy atom. The van der Waals surface area contributed by atoms with Crippen molar-refractivity contribution in [2.45, 2.75) is 26.3 Å². The van der Waals surface area contributed by atoms with Crippen molar-refractivity contribution in [1.29, 1.82) is 0 Å². The smallest absolute Gasteiger partial charge is 0.0439 e. The first-order chi connectivity index (χ1) is 10.0. The lowest BCUT2D eigenvalue weighted by Gasteiger charge is -2.21. The molecule has 0 aliphatic rings. The summed E-state index contributed by atoms with van der Waals surface area (Å²) >= 11 is 15.9. The SMILES string of the molecule is CCNC(Cc1cc(Cl)ccc1Cl)c1ccc(Br)cc1C. The van der Waals surface area contributed by atoms with E-state index in [0.717, 1.165) is 33.0 Å². The molecule has 1 N–H and O–H groups in total. The molecule has 0 heterocycles. The van der Waals surface area contributed by atoms with Crippen molar-refractivity contribution in [3.63, 3.8) is 0 Å². The summed E-state index contributed by atoms with van der Waals surface area (Å²) in [5.41, 5.74) is 3.61. The van der Waals surface area contributed by atoms with Crippen LogP contribution in [0.2, 0.25) is 10.0 Å². The summed E-state index contributed by atoms with van der Waals surface area (Å²) in [5.74, 6) is 0. The number of hydrogen-bond donors (Lipinski definition) is 1. The van der Waals surface area contributed by atoms with Gasteiger partial charge < -0.3 is 5.32 Å². The predicted octanol–water partition coefficient (Wildman–Crippen LogP) is 5.96. The van der Waals surface area contributed by atoms with Crippen LogP contribution >= 0.6 is 39.1 Å². The van der Waals surface area contributed by atoms with Crippen LogP contribution in [0.1, 0.15) is 29.7 Å². The molecular formula is C17H18BrCl2N. The van der Waals surface area contributed by atoms with Gasteiger partial charge in [0.1, 0.15) is 0 Å². The lowest BCUT2D eigenvalue weighted by atomic mass is 9.95. The number of aryl methyl sites for hydroxylation is 1. The van der Waals surface area contributed by atoms with Crippen molar-refractivity contribution in [2.75, 3.05) is 6.54 Å². The van der Waals surface area contributed by atoms with Crippen LogP contribution in [0.15, 0.2) is 40.9 Å². The van der Waals surface area contributed by atoms with E-state index in [1.165, 1.54) is 11.1 Å². The Hall–Kier alpha value is -0.540. The Kier molecular flexibility index (Phi) is 6.12. The number of rotatable bonds is 5. The molecule has 2 aromatic carbocycles. The van der Waals surface area contributed by atoms with Crippen LogP contribution in [-0.2, 0) is 6.42 Å². The minimum atomic E-state index is 0.221. The zero-order chi connectivity index (χ0) is 15.4. The largest absolute Gasteiger partial charge is 0.310 e. The van der Waals surface area contributed by atoms with Crippen molar-refractivity contribution in [3.8, 4) is 0 Å². The second-order valence-electron chi connectivity index (χ2n) is 5.05. The summed E-state index contributed by atoms with van der Waals surface area (Å²) in [6, 6.07) is 12.2. The normalized spacial score (nSPS) is 12.4. The van der Waals surface area contributed by atoms with Gasteiger partial charge in [0.25, 0.3) is 0 Å². The Bertz CT molecular complexity index is 628. The summed E-state index contributed by atoms with van der Waals surface area (Å²) in [7, 11) is 0. The Balaban J connectivity index is 2.32. The Morgan fingerprint density at radius 1 is 1.14 bits per heavy atom. The van der Waals surface area contributed by atoms with Crippen LogP contribution in [0.3, 0.4) is 0 Å². The van der Waals surface area contributed by atoms with Gasteiger partial charge in [0.05, 0.1) is 0 Å². The topological polar surface area (TPSA) is 12.0 Å². The first-order valence-electron chi connectivity index (χ1n) is 6.94. The fourth-order valence-electron chi connectivity index (χ4n) is 2.49. The highest BCUT2D eigenvalue weighted by Crippen LogP contribution is 2.28. The molecule has 0 radical (unpaired) electrons. The summed E-state index contributed by atoms with van der Waals surface area (Å²) in [6.07, 6.45) is 0.815. The predicted molar refractivity (Wildman–Crippen MR) is 95.5 cm³/mol. The van der Waals surface area contributed by atoms with Crippen molar-refractivity contribution >= 4 is 39.1 Å². The number of halogens is 3. The van der Waals surface area contributed by atoms with Crippen molar-refractivity contribution in [3.05, 3.63) is 67.6 Å². The second kappa shape index (κ2) is 7.64. The molecule has 0 saturated heterocycles. The molecule has 0 saturated carbocycles. The first kappa shape index (κ1) is 16.8. The van der Waals surface area contributed by atoms with Gasteiger partial charge in [-0.2, -0.15) is 0 Å². The van der Waals surface area contributed by atoms with Gasteiger partial charge in [-0.1, -0.05) is 52.1 Å². The van der Waals surface area contributed by atoms with Gasteiger partial charge >= 0.3 is 0 Å². The highest BCUT2D eigenvalue weighted by Gasteiger charge is 2.15. The van der Waals surface area contributed by atoms with Crippen molar-refractivity contribution in [2.24, 2.45) is 0 Å². The molecule has 21 heavy (non-hydrogen) atoms. The second-order valence-corrected chi connectivity index (χ2v) is 6.81. The van der Waals surface area contributed by atoms with E-state index >= 15 is 0 Å². The van der Waals surface area contributed by atoms with Gasteiger partial charge in [0.15, 0.2) is 0 Å². The first-order valence-corrected chi connectivity index (χ1v) is 8.49. The van der Waals surface area contributed by atoms with E-state index in [4.69, 9.17) is 23.2 Å². The van der Waals surface area contributed by atoms with Crippen LogP contribution in [-0.4, -0.2) is 6.54 Å². The number of benzene rings is 2. The molecule has 0 aromatic heterocycles. The molecule has 1 unspecified atom stereocenters. The van der Waals surface area contributed by atoms with E-state index in [9.17, 15) is 0 Å². The highest BCUT2D eigenvalue weighted by atomic mass is 79.9. The lowest BCUT2D eigenvalue weighted by Crippen LogP contribution is -2.23. The van der Waals surface area contributed by atoms with Crippen LogP contribution in [0, 0.1) is 6.92 Å². The van der Waals surface area contributed by atoms with E-state index in [0.29, 0.717) is 0 Å². The molecule has 0 fully saturated rings. The molecule has 0 aliphatic heterocycles. The minimum Gasteiger partial charge on any atom is -0.310 e. The van der Waals surface area contributed by atoms with Crippen LogP contribution < -0.4 is 5.32 Å². The maximum Gasteiger partial charge on any atom is 0.0439 e. The molecule has 1 atom stereocenters. The van der Waals surface area contributed by atoms with Crippen molar-refractivity contribution in [1.82, 2.24) is 5.32 Å². The highest BCUT2D eigenvalue weighted by molar-refractivity contribution is 9.10. The molecule has 112 valence electrons. The Morgan fingerprint density at radius 2 is 1.90 bits per heavy atom. The fourth-order valence-corrected chi connectivity index (χ4v) is 3.35. The van der Waals surface area contributed by atoms with E-state index < -0.39 is 0 Å². The van der Waals surface area contributed by atoms with Crippen LogP contribution in [0.5, 0.6) is 0 Å². The quantitative estimate of drug-likeness (QED) is 0.668. The van der Waals surface area contributed by atoms with Crippen molar-refractivity contribution < 1.29 is 0 Å². The average Bonchev–Trinajstić information content (AvgIpc) is 2.42. The zero-order valence-electron chi connectivity index (χ0n) is 12.1. The maximum absolute atomic E-state index is 6.30. The molecule has 2 rings (SSSR count). The minimum absolute atomic E-state index is 0.221. The standard InChI is InChI=1S/C17H18BrCl2N/c1-3-21-17(15-6-4-13(18)8-11(15)2)10-12-9-14(19)5-7-16(12)20/h4-9,17,21H,3,10H2,1-2H3. The summed E-state index contributed by atoms with van der Waals surface area (Å²) in [6.45, 7) is 5.14. The molecule has 0 amide bonds. The lowest BCUT2D eigenvalue weighted by molar-refractivity contribution is 0.547. The van der Waals surface area contributed by atoms with E-state index in [-0.39, 0.29) is 6.04 Å². The number of hydrogen-bond acceptors (Lipinski definition) is 1. The molecular weight excluding hydrogens is 369 g/mol. The molecule has 2 aromatic rings. The van der Waals surface area contributed by atoms with E-state index in [1.54, 1.807) is 0 Å². The van der Waals surface area contributed by atoms with Gasteiger partial charge in [-0.05, 0) is 66.9 Å². The van der Waals surface area contributed by atoms with E-state index in [1.807, 2.05) is 18.2 Å². The van der Waals surface area contributed by atoms with E-state index in [2.05, 4.69) is 53.3 Å². The van der Waals surface area contributed by atoms with Crippen LogP contribution in [0.25, 0.3) is 0 Å². The number of nitrogens with one attached hydrogen (secondary N) is 1. The fraction of sp³-hybridized carbons (Fsp3) is 0.294. The maximum atomic E-state index is 6.30. The third kappa shape index (κ3) is 4.46. The molecule has 1 nitrogen and oxygen atoms in total. The summed E-state index contributed by atoms with van der Waals surface area (Å²) in [5, 5.41) is 5.02. The Labute approximate surface area is 144 Å². The molecule has 0 bridgehead atoms. The summed E-state index contributed by atoms with van der Waals surface area (Å²) < 4.78 is 1.10. The van der Waals surface area contributed by atoms with Crippen LogP contribution in [0.4, 0.5) is 0 Å². The summed E-state index contributed by atoms with van der Waals surface area (Å²) in [4.78, 5) is 0. The average molecular weight is 387 g/mol. The zero-order valence-corrected chi connectivity index (χ0v) is 15.2. The third-order valence-corrected chi connectivity index (χ3v) is 4.59. The molecule has 0 aliphatic carbocycles. The van der Waals surface area contributed by atoms with Gasteiger partial charge in [-0.15, -0.1) is 0 Å². The number of likely N-dealkylation sites (N-methyl/N-ethyl adjacent to an activating group) is 1. The van der Waals surface area contributed by atoms with Gasteiger partial charge in [-0.3, -0.25) is 0 Å². The molecule has 0 spiro atoms. The molecule has 4 heteroatoms. The monoisotopic (exact) mass is 385 g/mol. The third-order valence-electron chi connectivity index (χ3n) is 3.49.